The number of nitrogens with zero attached hydrogens (tertiary/aromatic N) is 1. The van der Waals surface area contributed by atoms with E-state index in [1.165, 1.54) is 0 Å². The Morgan fingerprint density at radius 2 is 1.95 bits per heavy atom. The number of halogens is 1. The number of unbranched alkanes of at least 4 members (excludes halogenated alkanes) is 1. The summed E-state index contributed by atoms with van der Waals surface area (Å²) in [5.74, 6) is 0.937. The van der Waals surface area contributed by atoms with Crippen LogP contribution in [0.25, 0.3) is 0 Å². The molecule has 1 aromatic carbocycles. The molecule has 106 valence electrons. The first-order chi connectivity index (χ1) is 9.66. The van der Waals surface area contributed by atoms with Crippen LogP contribution in [0.2, 0.25) is 0 Å². The molecule has 1 aromatic heterocycles. The molecule has 0 spiro atoms. The summed E-state index contributed by atoms with van der Waals surface area (Å²) in [5.41, 5.74) is 1.18. The minimum absolute atomic E-state index is 0.0352. The molecular formula is C16H18BrNO2. The smallest absolute Gasteiger partial charge is 0.250 e. The Morgan fingerprint density at radius 1 is 1.15 bits per heavy atom. The lowest BCUT2D eigenvalue weighted by Crippen LogP contribution is -2.18. The number of benzene rings is 1. The molecule has 0 aliphatic carbocycles. The lowest BCUT2D eigenvalue weighted by atomic mass is 10.2. The van der Waals surface area contributed by atoms with Gasteiger partial charge in [-0.25, -0.2) is 0 Å². The van der Waals surface area contributed by atoms with Crippen LogP contribution in [0.15, 0.2) is 51.9 Å². The van der Waals surface area contributed by atoms with Crippen LogP contribution in [0.1, 0.15) is 18.4 Å². The Kier molecular flexibility index (Phi) is 5.41. The standard InChI is InChI=1S/C16H18BrNO2/c1-13-6-2-3-7-15(13)20-11-5-4-10-18-12-14(17)8-9-16(18)19/h2-3,6-9,12H,4-5,10-11H2,1H3. The Morgan fingerprint density at radius 3 is 2.75 bits per heavy atom. The van der Waals surface area contributed by atoms with Crippen molar-refractivity contribution in [3.8, 4) is 5.75 Å². The summed E-state index contributed by atoms with van der Waals surface area (Å²) >= 11 is 3.37. The van der Waals surface area contributed by atoms with Crippen molar-refractivity contribution in [3.63, 3.8) is 0 Å². The number of aryl methyl sites for hydroxylation is 2. The van der Waals surface area contributed by atoms with Gasteiger partial charge in [0.15, 0.2) is 0 Å². The predicted octanol–water partition coefficient (Wildman–Crippen LogP) is 3.78. The normalized spacial score (nSPS) is 10.5. The van der Waals surface area contributed by atoms with E-state index in [1.807, 2.05) is 37.4 Å². The van der Waals surface area contributed by atoms with Crippen LogP contribution in [0.4, 0.5) is 0 Å². The van der Waals surface area contributed by atoms with Gasteiger partial charge in [-0.15, -0.1) is 0 Å². The maximum atomic E-state index is 11.6. The van der Waals surface area contributed by atoms with Gasteiger partial charge in [-0.1, -0.05) is 18.2 Å². The minimum atomic E-state index is 0.0352. The van der Waals surface area contributed by atoms with E-state index < -0.39 is 0 Å². The Bertz CT molecular complexity index is 622. The van der Waals surface area contributed by atoms with E-state index in [4.69, 9.17) is 4.74 Å². The van der Waals surface area contributed by atoms with Crippen molar-refractivity contribution in [2.24, 2.45) is 0 Å². The van der Waals surface area contributed by atoms with Crippen molar-refractivity contribution in [3.05, 3.63) is 63.0 Å². The summed E-state index contributed by atoms with van der Waals surface area (Å²) in [4.78, 5) is 11.6. The SMILES string of the molecule is Cc1ccccc1OCCCCn1cc(Br)ccc1=O. The van der Waals surface area contributed by atoms with Crippen molar-refractivity contribution in [2.75, 3.05) is 6.61 Å². The summed E-state index contributed by atoms with van der Waals surface area (Å²) in [7, 11) is 0. The maximum absolute atomic E-state index is 11.6. The highest BCUT2D eigenvalue weighted by atomic mass is 79.9. The first-order valence-corrected chi connectivity index (χ1v) is 7.50. The van der Waals surface area contributed by atoms with Gasteiger partial charge in [0.05, 0.1) is 6.61 Å². The van der Waals surface area contributed by atoms with Crippen LogP contribution in [-0.4, -0.2) is 11.2 Å². The number of pyridine rings is 1. The van der Waals surface area contributed by atoms with Crippen LogP contribution in [-0.2, 0) is 6.54 Å². The summed E-state index contributed by atoms with van der Waals surface area (Å²) in [6, 6.07) is 11.3. The molecule has 0 fully saturated rings. The third-order valence-corrected chi connectivity index (χ3v) is 3.56. The van der Waals surface area contributed by atoms with Gasteiger partial charge in [-0.2, -0.15) is 0 Å². The van der Waals surface area contributed by atoms with Crippen molar-refractivity contribution in [1.29, 1.82) is 0 Å². The highest BCUT2D eigenvalue weighted by Crippen LogP contribution is 2.16. The van der Waals surface area contributed by atoms with E-state index in [2.05, 4.69) is 15.9 Å². The van der Waals surface area contributed by atoms with E-state index in [0.717, 1.165) is 35.2 Å². The average molecular weight is 336 g/mol. The number of rotatable bonds is 6. The molecule has 0 atom stereocenters. The van der Waals surface area contributed by atoms with E-state index in [1.54, 1.807) is 16.7 Å². The molecule has 2 rings (SSSR count). The second-order valence-corrected chi connectivity index (χ2v) is 5.62. The third kappa shape index (κ3) is 4.23. The molecular weight excluding hydrogens is 318 g/mol. The van der Waals surface area contributed by atoms with Crippen molar-refractivity contribution in [1.82, 2.24) is 4.57 Å². The van der Waals surface area contributed by atoms with Gasteiger partial charge in [-0.05, 0) is 53.4 Å². The molecule has 0 aliphatic heterocycles. The molecule has 1 heterocycles. The summed E-state index contributed by atoms with van der Waals surface area (Å²) in [5, 5.41) is 0. The summed E-state index contributed by atoms with van der Waals surface area (Å²) in [6.45, 7) is 3.43. The van der Waals surface area contributed by atoms with E-state index in [-0.39, 0.29) is 5.56 Å². The zero-order valence-electron chi connectivity index (χ0n) is 11.5. The van der Waals surface area contributed by atoms with Crippen LogP contribution in [0.5, 0.6) is 5.75 Å². The fourth-order valence-electron chi connectivity index (χ4n) is 1.96. The minimum Gasteiger partial charge on any atom is -0.493 e. The van der Waals surface area contributed by atoms with Crippen LogP contribution in [0, 0.1) is 6.92 Å². The lowest BCUT2D eigenvalue weighted by molar-refractivity contribution is 0.301. The van der Waals surface area contributed by atoms with Gasteiger partial charge < -0.3 is 9.30 Å². The van der Waals surface area contributed by atoms with E-state index in [9.17, 15) is 4.79 Å². The number of ether oxygens (including phenoxy) is 1. The largest absolute Gasteiger partial charge is 0.493 e. The van der Waals surface area contributed by atoms with Gasteiger partial charge in [0.25, 0.3) is 5.56 Å². The van der Waals surface area contributed by atoms with Crippen molar-refractivity contribution >= 4 is 15.9 Å². The molecule has 0 unspecified atom stereocenters. The fourth-order valence-corrected chi connectivity index (χ4v) is 2.34. The molecule has 3 nitrogen and oxygen atoms in total. The average Bonchev–Trinajstić information content (AvgIpc) is 2.44. The molecule has 20 heavy (non-hydrogen) atoms. The van der Waals surface area contributed by atoms with Gasteiger partial charge in [0, 0.05) is 23.3 Å². The van der Waals surface area contributed by atoms with E-state index in [0.29, 0.717) is 6.61 Å². The Labute approximate surface area is 127 Å². The molecule has 0 bridgehead atoms. The molecule has 4 heteroatoms. The van der Waals surface area contributed by atoms with Gasteiger partial charge in [0.1, 0.15) is 5.75 Å². The topological polar surface area (TPSA) is 31.2 Å². The van der Waals surface area contributed by atoms with Crippen molar-refractivity contribution in [2.45, 2.75) is 26.3 Å². The van der Waals surface area contributed by atoms with Gasteiger partial charge >= 0.3 is 0 Å². The molecule has 0 N–H and O–H groups in total. The summed E-state index contributed by atoms with van der Waals surface area (Å²) in [6.07, 6.45) is 3.67. The quantitative estimate of drug-likeness (QED) is 0.752. The van der Waals surface area contributed by atoms with Crippen LogP contribution in [0.3, 0.4) is 0 Å². The molecule has 0 saturated heterocycles. The van der Waals surface area contributed by atoms with Crippen molar-refractivity contribution < 1.29 is 4.74 Å². The number of hydrogen-bond acceptors (Lipinski definition) is 2. The molecule has 0 saturated carbocycles. The highest BCUT2D eigenvalue weighted by Gasteiger charge is 1.99. The van der Waals surface area contributed by atoms with Gasteiger partial charge in [-0.3, -0.25) is 4.79 Å². The number of hydrogen-bond donors (Lipinski definition) is 0. The molecule has 0 aliphatic rings. The fraction of sp³-hybridized carbons (Fsp3) is 0.312. The number of para-hydroxylation sites is 1. The highest BCUT2D eigenvalue weighted by molar-refractivity contribution is 9.10. The zero-order valence-corrected chi connectivity index (χ0v) is 13.1. The second kappa shape index (κ2) is 7.29. The monoisotopic (exact) mass is 335 g/mol. The summed E-state index contributed by atoms with van der Waals surface area (Å²) < 4.78 is 8.38. The first-order valence-electron chi connectivity index (χ1n) is 6.71. The molecule has 0 amide bonds. The van der Waals surface area contributed by atoms with Crippen LogP contribution >= 0.6 is 15.9 Å². The Balaban J connectivity index is 1.76. The Hall–Kier alpha value is -1.55. The number of aromatic nitrogens is 1. The van der Waals surface area contributed by atoms with Crippen LogP contribution < -0.4 is 10.3 Å². The molecule has 2 aromatic rings. The molecule has 0 radical (unpaired) electrons. The first kappa shape index (κ1) is 14.9. The third-order valence-electron chi connectivity index (χ3n) is 3.09. The second-order valence-electron chi connectivity index (χ2n) is 4.70. The maximum Gasteiger partial charge on any atom is 0.250 e. The van der Waals surface area contributed by atoms with Gasteiger partial charge in [0.2, 0.25) is 0 Å². The lowest BCUT2D eigenvalue weighted by Gasteiger charge is -2.09. The zero-order chi connectivity index (χ0) is 14.4. The predicted molar refractivity (Wildman–Crippen MR) is 84.3 cm³/mol. The van der Waals surface area contributed by atoms with E-state index >= 15 is 0 Å².